The molecule has 0 fully saturated rings. The molecule has 0 aliphatic carbocycles. The number of aromatic nitrogens is 3. The van der Waals surface area contributed by atoms with E-state index in [9.17, 15) is 9.90 Å². The molecule has 7 nitrogen and oxygen atoms in total. The third-order valence-electron chi connectivity index (χ3n) is 3.86. The lowest BCUT2D eigenvalue weighted by Crippen LogP contribution is -2.28. The van der Waals surface area contributed by atoms with Crippen LogP contribution in [-0.4, -0.2) is 26.0 Å². The fourth-order valence-corrected chi connectivity index (χ4v) is 2.57. The standard InChI is InChI=1S/C17H18N4O3/c1-11(19-17(23)16-14(10-22)12(2)24-20-16)13-6-3-4-7-15(13)21-9-5-8-18-21/h3-9,11,22H,10H2,1-2H3,(H,19,23)/t11-/m0/s1. The third-order valence-corrected chi connectivity index (χ3v) is 3.86. The van der Waals surface area contributed by atoms with Crippen molar-refractivity contribution in [3.8, 4) is 5.69 Å². The number of nitrogens with one attached hydrogen (secondary N) is 1. The summed E-state index contributed by atoms with van der Waals surface area (Å²) in [6, 6.07) is 9.25. The van der Waals surface area contributed by atoms with Crippen LogP contribution in [-0.2, 0) is 6.61 Å². The highest BCUT2D eigenvalue weighted by molar-refractivity contribution is 5.94. The molecule has 2 heterocycles. The number of aliphatic hydroxyl groups excluding tert-OH is 1. The van der Waals surface area contributed by atoms with Gasteiger partial charge in [-0.2, -0.15) is 5.10 Å². The Morgan fingerprint density at radius 2 is 2.17 bits per heavy atom. The van der Waals surface area contributed by atoms with Gasteiger partial charge < -0.3 is 14.9 Å². The molecule has 0 unspecified atom stereocenters. The minimum absolute atomic E-state index is 0.110. The van der Waals surface area contributed by atoms with Gasteiger partial charge in [0.25, 0.3) is 5.91 Å². The molecule has 0 aliphatic rings. The van der Waals surface area contributed by atoms with Crippen molar-refractivity contribution in [1.29, 1.82) is 0 Å². The van der Waals surface area contributed by atoms with Gasteiger partial charge in [0.1, 0.15) is 5.76 Å². The second-order valence-corrected chi connectivity index (χ2v) is 5.43. The summed E-state index contributed by atoms with van der Waals surface area (Å²) in [5.41, 5.74) is 2.31. The van der Waals surface area contributed by atoms with Gasteiger partial charge in [-0.25, -0.2) is 4.68 Å². The summed E-state index contributed by atoms with van der Waals surface area (Å²) in [5.74, 6) is 0.0471. The molecular weight excluding hydrogens is 308 g/mol. The van der Waals surface area contributed by atoms with E-state index in [0.29, 0.717) is 11.3 Å². The topological polar surface area (TPSA) is 93.2 Å². The average Bonchev–Trinajstić information content (AvgIpc) is 3.24. The number of benzene rings is 1. The molecule has 1 aromatic carbocycles. The van der Waals surface area contributed by atoms with Gasteiger partial charge in [0.2, 0.25) is 0 Å². The Morgan fingerprint density at radius 1 is 1.38 bits per heavy atom. The Kier molecular flexibility index (Phi) is 4.43. The molecule has 0 bridgehead atoms. The number of para-hydroxylation sites is 1. The lowest BCUT2D eigenvalue weighted by Gasteiger charge is -2.17. The highest BCUT2D eigenvalue weighted by atomic mass is 16.5. The van der Waals surface area contributed by atoms with E-state index in [1.165, 1.54) is 0 Å². The molecular formula is C17H18N4O3. The number of carbonyl (C=O) groups excluding carboxylic acids is 1. The molecule has 0 aliphatic heterocycles. The Hall–Kier alpha value is -2.93. The van der Waals surface area contributed by atoms with Crippen molar-refractivity contribution < 1.29 is 14.4 Å². The molecule has 124 valence electrons. The number of amides is 1. The predicted molar refractivity (Wildman–Crippen MR) is 86.6 cm³/mol. The zero-order valence-electron chi connectivity index (χ0n) is 13.4. The van der Waals surface area contributed by atoms with Gasteiger partial charge in [0, 0.05) is 12.4 Å². The van der Waals surface area contributed by atoms with Crippen molar-refractivity contribution in [2.45, 2.75) is 26.5 Å². The highest BCUT2D eigenvalue weighted by Crippen LogP contribution is 2.22. The summed E-state index contributed by atoms with van der Waals surface area (Å²) in [7, 11) is 0. The summed E-state index contributed by atoms with van der Waals surface area (Å²) in [4.78, 5) is 12.5. The van der Waals surface area contributed by atoms with Gasteiger partial charge >= 0.3 is 0 Å². The minimum Gasteiger partial charge on any atom is -0.391 e. The molecule has 2 N–H and O–H groups in total. The van der Waals surface area contributed by atoms with Crippen LogP contribution < -0.4 is 5.32 Å². The second kappa shape index (κ2) is 6.67. The maximum atomic E-state index is 12.5. The molecule has 0 saturated heterocycles. The first kappa shape index (κ1) is 15.9. The minimum atomic E-state index is -0.390. The first-order valence-electron chi connectivity index (χ1n) is 7.57. The Balaban J connectivity index is 1.85. The summed E-state index contributed by atoms with van der Waals surface area (Å²) < 4.78 is 6.74. The van der Waals surface area contributed by atoms with Gasteiger partial charge in [0.05, 0.1) is 23.9 Å². The van der Waals surface area contributed by atoms with Crippen molar-refractivity contribution >= 4 is 5.91 Å². The van der Waals surface area contributed by atoms with Gasteiger partial charge in [0.15, 0.2) is 5.69 Å². The quantitative estimate of drug-likeness (QED) is 0.749. The maximum Gasteiger partial charge on any atom is 0.274 e. The number of aryl methyl sites for hydroxylation is 1. The molecule has 1 amide bonds. The lowest BCUT2D eigenvalue weighted by molar-refractivity contribution is 0.0928. The Morgan fingerprint density at radius 3 is 2.88 bits per heavy atom. The van der Waals surface area contributed by atoms with Crippen LogP contribution in [0.2, 0.25) is 0 Å². The fraction of sp³-hybridized carbons (Fsp3) is 0.235. The van der Waals surface area contributed by atoms with Crippen LogP contribution in [0.1, 0.15) is 40.3 Å². The van der Waals surface area contributed by atoms with Gasteiger partial charge in [-0.05, 0) is 31.5 Å². The number of hydrogen-bond acceptors (Lipinski definition) is 5. The SMILES string of the molecule is Cc1onc(C(=O)N[C@@H](C)c2ccccc2-n2cccn2)c1CO. The summed E-state index contributed by atoms with van der Waals surface area (Å²) in [6.45, 7) is 3.24. The predicted octanol–water partition coefficient (Wildman–Crippen LogP) is 2.15. The largest absolute Gasteiger partial charge is 0.391 e. The maximum absolute atomic E-state index is 12.5. The summed E-state index contributed by atoms with van der Waals surface area (Å²) >= 11 is 0. The van der Waals surface area contributed by atoms with Crippen molar-refractivity contribution in [1.82, 2.24) is 20.3 Å². The van der Waals surface area contributed by atoms with E-state index < -0.39 is 5.91 Å². The van der Waals surface area contributed by atoms with E-state index in [2.05, 4.69) is 15.6 Å². The van der Waals surface area contributed by atoms with Gasteiger partial charge in [-0.1, -0.05) is 23.4 Å². The first-order valence-corrected chi connectivity index (χ1v) is 7.57. The van der Waals surface area contributed by atoms with E-state index in [1.807, 2.05) is 43.5 Å². The van der Waals surface area contributed by atoms with Gasteiger partial charge in [-0.15, -0.1) is 0 Å². The van der Waals surface area contributed by atoms with E-state index in [4.69, 9.17) is 4.52 Å². The molecule has 2 aromatic heterocycles. The van der Waals surface area contributed by atoms with E-state index in [1.54, 1.807) is 17.8 Å². The molecule has 0 radical (unpaired) electrons. The number of rotatable bonds is 5. The number of hydrogen-bond donors (Lipinski definition) is 2. The van der Waals surface area contributed by atoms with Crippen LogP contribution >= 0.6 is 0 Å². The third kappa shape index (κ3) is 2.93. The number of carbonyl (C=O) groups is 1. The van der Waals surface area contributed by atoms with Crippen molar-refractivity contribution in [3.05, 3.63) is 65.3 Å². The Labute approximate surface area is 138 Å². The van der Waals surface area contributed by atoms with Crippen molar-refractivity contribution in [3.63, 3.8) is 0 Å². The monoisotopic (exact) mass is 326 g/mol. The molecule has 0 spiro atoms. The number of aliphatic hydroxyl groups is 1. The van der Waals surface area contributed by atoms with E-state index in [0.717, 1.165) is 11.3 Å². The average molecular weight is 326 g/mol. The second-order valence-electron chi connectivity index (χ2n) is 5.43. The Bertz CT molecular complexity index is 839. The lowest BCUT2D eigenvalue weighted by atomic mass is 10.1. The molecule has 1 atom stereocenters. The zero-order chi connectivity index (χ0) is 17.1. The molecule has 3 aromatic rings. The van der Waals surface area contributed by atoms with Crippen LogP contribution in [0, 0.1) is 6.92 Å². The van der Waals surface area contributed by atoms with Crippen LogP contribution in [0.5, 0.6) is 0 Å². The van der Waals surface area contributed by atoms with Crippen LogP contribution in [0.3, 0.4) is 0 Å². The normalized spacial score (nSPS) is 12.1. The smallest absolute Gasteiger partial charge is 0.274 e. The van der Waals surface area contributed by atoms with Gasteiger partial charge in [-0.3, -0.25) is 4.79 Å². The molecule has 7 heteroatoms. The zero-order valence-corrected chi connectivity index (χ0v) is 13.4. The van der Waals surface area contributed by atoms with E-state index in [-0.39, 0.29) is 18.3 Å². The van der Waals surface area contributed by atoms with Crippen LogP contribution in [0.15, 0.2) is 47.2 Å². The highest BCUT2D eigenvalue weighted by Gasteiger charge is 2.22. The summed E-state index contributed by atoms with van der Waals surface area (Å²) in [5, 5.41) is 20.2. The van der Waals surface area contributed by atoms with Crippen molar-refractivity contribution in [2.24, 2.45) is 0 Å². The van der Waals surface area contributed by atoms with Crippen molar-refractivity contribution in [2.75, 3.05) is 0 Å². The fourth-order valence-electron chi connectivity index (χ4n) is 2.57. The molecule has 24 heavy (non-hydrogen) atoms. The molecule has 0 saturated carbocycles. The first-order chi connectivity index (χ1) is 11.6. The van der Waals surface area contributed by atoms with Crippen LogP contribution in [0.25, 0.3) is 5.69 Å². The summed E-state index contributed by atoms with van der Waals surface area (Å²) in [6.07, 6.45) is 3.55. The molecule has 3 rings (SSSR count). The van der Waals surface area contributed by atoms with Crippen LogP contribution in [0.4, 0.5) is 0 Å². The van der Waals surface area contributed by atoms with E-state index >= 15 is 0 Å². The number of nitrogens with zero attached hydrogens (tertiary/aromatic N) is 3.